The lowest BCUT2D eigenvalue weighted by molar-refractivity contribution is 0.615. The molecule has 1 aliphatic heterocycles. The molecule has 3 heterocycles. The van der Waals surface area contributed by atoms with Crippen molar-refractivity contribution >= 4 is 22.5 Å². The summed E-state index contributed by atoms with van der Waals surface area (Å²) in [5.41, 5.74) is 10.3. The van der Waals surface area contributed by atoms with Crippen LogP contribution in [0.2, 0.25) is 0 Å². The van der Waals surface area contributed by atoms with Crippen LogP contribution in [0.5, 0.6) is 0 Å². The summed E-state index contributed by atoms with van der Waals surface area (Å²) in [6.45, 7) is 1.81. The van der Waals surface area contributed by atoms with Gasteiger partial charge in [-0.25, -0.2) is 4.98 Å². The van der Waals surface area contributed by atoms with E-state index < -0.39 is 0 Å². The minimum Gasteiger partial charge on any atom is -0.464 e. The second kappa shape index (κ2) is 4.27. The number of rotatable bonds is 1. The van der Waals surface area contributed by atoms with Gasteiger partial charge in [-0.2, -0.15) is 0 Å². The van der Waals surface area contributed by atoms with Crippen LogP contribution in [-0.4, -0.2) is 11.5 Å². The lowest BCUT2D eigenvalue weighted by Gasteiger charge is -2.30. The Morgan fingerprint density at radius 3 is 3.05 bits per heavy atom. The molecule has 2 N–H and O–H groups in total. The second-order valence-corrected chi connectivity index (χ2v) is 5.17. The summed E-state index contributed by atoms with van der Waals surface area (Å²) in [5.74, 6) is 0.990. The van der Waals surface area contributed by atoms with Crippen LogP contribution >= 0.6 is 0 Å². The van der Waals surface area contributed by atoms with E-state index in [1.54, 1.807) is 12.5 Å². The van der Waals surface area contributed by atoms with Crippen molar-refractivity contribution in [2.24, 2.45) is 0 Å². The molecule has 1 aliphatic rings. The van der Waals surface area contributed by atoms with E-state index in [9.17, 15) is 0 Å². The van der Waals surface area contributed by atoms with E-state index in [4.69, 9.17) is 10.2 Å². The number of furan rings is 1. The molecule has 3 aromatic rings. The average Bonchev–Trinajstić information content (AvgIpc) is 2.94. The molecule has 0 unspecified atom stereocenters. The molecule has 1 aromatic carbocycles. The van der Waals surface area contributed by atoms with Crippen molar-refractivity contribution < 1.29 is 4.42 Å². The minimum atomic E-state index is 0.820. The van der Waals surface area contributed by atoms with Crippen LogP contribution in [0, 0.1) is 0 Å². The molecule has 0 radical (unpaired) electrons. The SMILES string of the molecule is Nc1ccc2c(c1)CN(c1nccc3occc13)CC2. The number of nitrogen functional groups attached to an aromatic ring is 1. The molecule has 0 fully saturated rings. The van der Waals surface area contributed by atoms with Crippen LogP contribution < -0.4 is 10.6 Å². The minimum absolute atomic E-state index is 0.820. The Bertz CT molecular complexity index is 778. The molecular formula is C16H15N3O. The van der Waals surface area contributed by atoms with Gasteiger partial charge in [0.2, 0.25) is 0 Å². The molecule has 0 saturated heterocycles. The first-order chi connectivity index (χ1) is 9.81. The number of benzene rings is 1. The smallest absolute Gasteiger partial charge is 0.140 e. The third-order valence-corrected chi connectivity index (χ3v) is 3.90. The maximum Gasteiger partial charge on any atom is 0.140 e. The molecular weight excluding hydrogens is 250 g/mol. The fraction of sp³-hybridized carbons (Fsp3) is 0.188. The fourth-order valence-corrected chi connectivity index (χ4v) is 2.89. The molecule has 4 rings (SSSR count). The van der Waals surface area contributed by atoms with Crippen LogP contribution in [-0.2, 0) is 13.0 Å². The van der Waals surface area contributed by atoms with Crippen molar-refractivity contribution in [3.8, 4) is 0 Å². The average molecular weight is 265 g/mol. The highest BCUT2D eigenvalue weighted by molar-refractivity contribution is 5.88. The monoisotopic (exact) mass is 265 g/mol. The maximum absolute atomic E-state index is 5.89. The van der Waals surface area contributed by atoms with Gasteiger partial charge in [-0.15, -0.1) is 0 Å². The first-order valence-electron chi connectivity index (χ1n) is 6.76. The molecule has 0 amide bonds. The Balaban J connectivity index is 1.76. The van der Waals surface area contributed by atoms with Gasteiger partial charge < -0.3 is 15.1 Å². The van der Waals surface area contributed by atoms with Crippen molar-refractivity contribution in [3.63, 3.8) is 0 Å². The summed E-state index contributed by atoms with van der Waals surface area (Å²) in [6, 6.07) is 10.1. The van der Waals surface area contributed by atoms with E-state index in [1.165, 1.54) is 11.1 Å². The van der Waals surface area contributed by atoms with Gasteiger partial charge in [0.25, 0.3) is 0 Å². The van der Waals surface area contributed by atoms with Gasteiger partial charge >= 0.3 is 0 Å². The summed E-state index contributed by atoms with van der Waals surface area (Å²) < 4.78 is 5.45. The van der Waals surface area contributed by atoms with Crippen LogP contribution in [0.3, 0.4) is 0 Å². The predicted molar refractivity (Wildman–Crippen MR) is 79.6 cm³/mol. The number of pyridine rings is 1. The molecule has 0 aliphatic carbocycles. The van der Waals surface area contributed by atoms with Crippen LogP contribution in [0.25, 0.3) is 11.0 Å². The topological polar surface area (TPSA) is 55.3 Å². The Morgan fingerprint density at radius 2 is 2.10 bits per heavy atom. The van der Waals surface area contributed by atoms with Gasteiger partial charge in [-0.3, -0.25) is 0 Å². The van der Waals surface area contributed by atoms with E-state index >= 15 is 0 Å². The van der Waals surface area contributed by atoms with Crippen LogP contribution in [0.15, 0.2) is 47.2 Å². The van der Waals surface area contributed by atoms with Gasteiger partial charge in [0.05, 0.1) is 11.6 Å². The summed E-state index contributed by atoms with van der Waals surface area (Å²) in [4.78, 5) is 6.82. The number of hydrogen-bond donors (Lipinski definition) is 1. The normalized spacial score (nSPS) is 14.5. The van der Waals surface area contributed by atoms with Gasteiger partial charge in [0.15, 0.2) is 0 Å². The molecule has 20 heavy (non-hydrogen) atoms. The number of nitrogens with zero attached hydrogens (tertiary/aromatic N) is 2. The van der Waals surface area contributed by atoms with Crippen molar-refractivity contribution in [2.75, 3.05) is 17.2 Å². The van der Waals surface area contributed by atoms with Crippen LogP contribution in [0.4, 0.5) is 11.5 Å². The largest absolute Gasteiger partial charge is 0.464 e. The van der Waals surface area contributed by atoms with E-state index in [2.05, 4.69) is 22.0 Å². The van der Waals surface area contributed by atoms with Gasteiger partial charge in [0, 0.05) is 25.0 Å². The zero-order valence-corrected chi connectivity index (χ0v) is 11.0. The number of anilines is 2. The Kier molecular flexibility index (Phi) is 2.42. The van der Waals surface area contributed by atoms with Gasteiger partial charge in [-0.05, 0) is 41.8 Å². The van der Waals surface area contributed by atoms with Gasteiger partial charge in [-0.1, -0.05) is 6.07 Å². The van der Waals surface area contributed by atoms with Crippen molar-refractivity contribution in [1.29, 1.82) is 0 Å². The lowest BCUT2D eigenvalue weighted by atomic mass is 9.99. The second-order valence-electron chi connectivity index (χ2n) is 5.17. The van der Waals surface area contributed by atoms with Crippen molar-refractivity contribution in [1.82, 2.24) is 4.98 Å². The zero-order chi connectivity index (χ0) is 13.5. The third-order valence-electron chi connectivity index (χ3n) is 3.90. The molecule has 0 spiro atoms. The van der Waals surface area contributed by atoms with Crippen LogP contribution in [0.1, 0.15) is 11.1 Å². The molecule has 0 atom stereocenters. The van der Waals surface area contributed by atoms with Gasteiger partial charge in [0.1, 0.15) is 11.4 Å². The molecule has 4 heteroatoms. The first kappa shape index (κ1) is 11.3. The third kappa shape index (κ3) is 1.72. The fourth-order valence-electron chi connectivity index (χ4n) is 2.89. The molecule has 0 bridgehead atoms. The Hall–Kier alpha value is -2.49. The lowest BCUT2D eigenvalue weighted by Crippen LogP contribution is -2.31. The molecule has 2 aromatic heterocycles. The number of fused-ring (bicyclic) bond motifs is 2. The molecule has 0 saturated carbocycles. The highest BCUT2D eigenvalue weighted by atomic mass is 16.3. The standard InChI is InChI=1S/C16H15N3O/c17-13-2-1-11-4-7-19(10-12(11)9-13)16-14-5-8-20-15(14)3-6-18-16/h1-3,5-6,8-9H,4,7,10,17H2. The highest BCUT2D eigenvalue weighted by Gasteiger charge is 2.19. The summed E-state index contributed by atoms with van der Waals surface area (Å²) in [7, 11) is 0. The number of nitrogens with two attached hydrogens (primary N) is 1. The quantitative estimate of drug-likeness (QED) is 0.687. The Morgan fingerprint density at radius 1 is 1.15 bits per heavy atom. The van der Waals surface area contributed by atoms with Crippen molar-refractivity contribution in [3.05, 3.63) is 53.9 Å². The maximum atomic E-state index is 5.89. The Labute approximate surface area is 116 Å². The molecule has 4 nitrogen and oxygen atoms in total. The van der Waals surface area contributed by atoms with E-state index in [0.29, 0.717) is 0 Å². The first-order valence-corrected chi connectivity index (χ1v) is 6.76. The zero-order valence-electron chi connectivity index (χ0n) is 11.0. The van der Waals surface area contributed by atoms with Crippen molar-refractivity contribution in [2.45, 2.75) is 13.0 Å². The highest BCUT2D eigenvalue weighted by Crippen LogP contribution is 2.30. The van der Waals surface area contributed by atoms with E-state index in [1.807, 2.05) is 18.2 Å². The van der Waals surface area contributed by atoms with E-state index in [-0.39, 0.29) is 0 Å². The predicted octanol–water partition coefficient (Wildman–Crippen LogP) is 2.97. The molecule has 100 valence electrons. The summed E-state index contributed by atoms with van der Waals surface area (Å²) >= 11 is 0. The number of aromatic nitrogens is 1. The summed E-state index contributed by atoms with van der Waals surface area (Å²) in [6.07, 6.45) is 4.54. The summed E-state index contributed by atoms with van der Waals surface area (Å²) in [5, 5.41) is 1.07. The van der Waals surface area contributed by atoms with E-state index in [0.717, 1.165) is 42.0 Å². The number of hydrogen-bond acceptors (Lipinski definition) is 4.